The van der Waals surface area contributed by atoms with Crippen LogP contribution in [0.1, 0.15) is 24.2 Å². The van der Waals surface area contributed by atoms with E-state index >= 15 is 0 Å². The highest BCUT2D eigenvalue weighted by Crippen LogP contribution is 2.03. The van der Waals surface area contributed by atoms with Crippen LogP contribution in [0.3, 0.4) is 0 Å². The van der Waals surface area contributed by atoms with Crippen LogP contribution in [-0.2, 0) is 6.54 Å². The number of halogens is 1. The molecule has 0 bridgehead atoms. The van der Waals surface area contributed by atoms with Gasteiger partial charge in [-0.25, -0.2) is 0 Å². The average Bonchev–Trinajstić information content (AvgIpc) is 2.19. The molecule has 0 unspecified atom stereocenters. The molecule has 0 aliphatic carbocycles. The number of aryl methyl sites for hydroxylation is 1. The van der Waals surface area contributed by atoms with Gasteiger partial charge in [0.2, 0.25) is 0 Å². The fraction of sp³-hybridized carbons (Fsp3) is 0.400. The molecule has 1 heterocycles. The molecule has 0 radical (unpaired) electrons. The van der Waals surface area contributed by atoms with Crippen molar-refractivity contribution in [1.29, 1.82) is 0 Å². The normalized spacial score (nSPS) is 9.93. The molecule has 76 valence electrons. The molecule has 0 saturated carbocycles. The highest BCUT2D eigenvalue weighted by molar-refractivity contribution is 6.28. The molecule has 0 aliphatic heterocycles. The Kier molecular flexibility index (Phi) is 3.89. The Morgan fingerprint density at radius 2 is 2.21 bits per heavy atom. The van der Waals surface area contributed by atoms with Crippen molar-refractivity contribution in [2.24, 2.45) is 0 Å². The van der Waals surface area contributed by atoms with Crippen LogP contribution in [0.15, 0.2) is 18.3 Å². The zero-order valence-corrected chi connectivity index (χ0v) is 9.14. The molecule has 3 nitrogen and oxygen atoms in total. The number of carbonyl (C=O) groups is 1. The molecule has 1 N–H and O–H groups in total. The van der Waals surface area contributed by atoms with Gasteiger partial charge < -0.3 is 5.32 Å². The summed E-state index contributed by atoms with van der Waals surface area (Å²) in [4.78, 5) is 11.5. The topological polar surface area (TPSA) is 33.0 Å². The Hall–Kier alpha value is -1.09. The summed E-state index contributed by atoms with van der Waals surface area (Å²) in [5, 5.41) is 3.38. The standard InChI is InChI=1S/C10H13ClN2O/c1-3-12-10(14)8-5-6-9(11)13(4-2)7-8/h5-7H,3-4H2,1-2H3/p+1. The van der Waals surface area contributed by atoms with E-state index in [0.717, 1.165) is 6.54 Å². The monoisotopic (exact) mass is 213 g/mol. The number of aromatic nitrogens is 1. The summed E-state index contributed by atoms with van der Waals surface area (Å²) in [6.07, 6.45) is 1.76. The van der Waals surface area contributed by atoms with Crippen molar-refractivity contribution in [3.8, 4) is 0 Å². The zero-order valence-electron chi connectivity index (χ0n) is 8.38. The van der Waals surface area contributed by atoms with Gasteiger partial charge in [0, 0.05) is 12.6 Å². The first-order chi connectivity index (χ1) is 6.69. The van der Waals surface area contributed by atoms with Gasteiger partial charge >= 0.3 is 0 Å². The molecular formula is C10H14ClN2O+. The Bertz CT molecular complexity index is 339. The molecule has 0 aromatic carbocycles. The third-order valence-electron chi connectivity index (χ3n) is 1.91. The molecule has 1 aromatic rings. The lowest BCUT2D eigenvalue weighted by Gasteiger charge is -2.01. The van der Waals surface area contributed by atoms with Crippen LogP contribution in [0.5, 0.6) is 0 Å². The second-order valence-corrected chi connectivity index (χ2v) is 3.27. The maximum atomic E-state index is 11.5. The number of nitrogens with one attached hydrogen (secondary N) is 1. The van der Waals surface area contributed by atoms with E-state index in [1.165, 1.54) is 0 Å². The molecule has 0 atom stereocenters. The van der Waals surface area contributed by atoms with E-state index in [1.807, 2.05) is 18.4 Å². The van der Waals surface area contributed by atoms with Gasteiger partial charge in [-0.3, -0.25) is 4.79 Å². The predicted molar refractivity (Wildman–Crippen MR) is 55.3 cm³/mol. The van der Waals surface area contributed by atoms with Crippen molar-refractivity contribution in [2.45, 2.75) is 20.4 Å². The van der Waals surface area contributed by atoms with E-state index in [-0.39, 0.29) is 5.91 Å². The lowest BCUT2D eigenvalue weighted by atomic mass is 10.2. The average molecular weight is 214 g/mol. The molecule has 1 aromatic heterocycles. The van der Waals surface area contributed by atoms with Gasteiger partial charge in [-0.2, -0.15) is 4.57 Å². The second-order valence-electron chi connectivity index (χ2n) is 2.89. The first-order valence-corrected chi connectivity index (χ1v) is 5.04. The number of pyridine rings is 1. The molecule has 0 aliphatic rings. The van der Waals surface area contributed by atoms with Crippen molar-refractivity contribution >= 4 is 17.5 Å². The van der Waals surface area contributed by atoms with Crippen LogP contribution in [-0.4, -0.2) is 12.5 Å². The largest absolute Gasteiger partial charge is 0.352 e. The fourth-order valence-corrected chi connectivity index (χ4v) is 1.40. The highest BCUT2D eigenvalue weighted by atomic mass is 35.5. The lowest BCUT2D eigenvalue weighted by Crippen LogP contribution is -2.35. The molecule has 1 rings (SSSR count). The second kappa shape index (κ2) is 4.96. The van der Waals surface area contributed by atoms with E-state index in [9.17, 15) is 4.79 Å². The molecular weight excluding hydrogens is 200 g/mol. The van der Waals surface area contributed by atoms with Gasteiger partial charge in [0.05, 0.1) is 0 Å². The van der Waals surface area contributed by atoms with Crippen LogP contribution < -0.4 is 9.88 Å². The molecule has 1 amide bonds. The first-order valence-electron chi connectivity index (χ1n) is 4.66. The van der Waals surface area contributed by atoms with E-state index in [4.69, 9.17) is 11.6 Å². The van der Waals surface area contributed by atoms with Crippen molar-refractivity contribution in [3.05, 3.63) is 29.0 Å². The third kappa shape index (κ3) is 2.45. The minimum Gasteiger partial charge on any atom is -0.352 e. The number of nitrogens with zero attached hydrogens (tertiary/aromatic N) is 1. The van der Waals surface area contributed by atoms with Gasteiger partial charge in [-0.05, 0) is 31.5 Å². The Labute approximate surface area is 88.7 Å². The summed E-state index contributed by atoms with van der Waals surface area (Å²) in [6.45, 7) is 5.26. The smallest absolute Gasteiger partial charge is 0.274 e. The van der Waals surface area contributed by atoms with E-state index in [2.05, 4.69) is 5.32 Å². The molecule has 14 heavy (non-hydrogen) atoms. The van der Waals surface area contributed by atoms with E-state index in [0.29, 0.717) is 17.3 Å². The molecule has 0 fully saturated rings. The van der Waals surface area contributed by atoms with Gasteiger partial charge in [0.1, 0.15) is 12.1 Å². The molecule has 4 heteroatoms. The Morgan fingerprint density at radius 1 is 1.50 bits per heavy atom. The van der Waals surface area contributed by atoms with Crippen molar-refractivity contribution in [3.63, 3.8) is 0 Å². The van der Waals surface area contributed by atoms with Crippen LogP contribution in [0, 0.1) is 0 Å². The summed E-state index contributed by atoms with van der Waals surface area (Å²) >= 11 is 5.91. The van der Waals surface area contributed by atoms with Gasteiger partial charge in [-0.15, -0.1) is 0 Å². The lowest BCUT2D eigenvalue weighted by molar-refractivity contribution is -0.691. The third-order valence-corrected chi connectivity index (χ3v) is 2.25. The first kappa shape index (κ1) is 11.0. The van der Waals surface area contributed by atoms with Crippen molar-refractivity contribution in [1.82, 2.24) is 5.32 Å². The van der Waals surface area contributed by atoms with Crippen LogP contribution in [0.25, 0.3) is 0 Å². The summed E-state index contributed by atoms with van der Waals surface area (Å²) in [7, 11) is 0. The summed E-state index contributed by atoms with van der Waals surface area (Å²) in [5.74, 6) is -0.0635. The number of hydrogen-bond donors (Lipinski definition) is 1. The Balaban J connectivity index is 2.94. The quantitative estimate of drug-likeness (QED) is 0.598. The summed E-state index contributed by atoms with van der Waals surface area (Å²) < 4.78 is 1.83. The van der Waals surface area contributed by atoms with Crippen LogP contribution >= 0.6 is 11.6 Å². The highest BCUT2D eigenvalue weighted by Gasteiger charge is 2.12. The summed E-state index contributed by atoms with van der Waals surface area (Å²) in [6, 6.07) is 3.45. The van der Waals surface area contributed by atoms with E-state index in [1.54, 1.807) is 18.3 Å². The molecule has 0 saturated heterocycles. The Morgan fingerprint density at radius 3 is 2.79 bits per heavy atom. The number of carbonyl (C=O) groups excluding carboxylic acids is 1. The zero-order chi connectivity index (χ0) is 10.6. The molecule has 0 spiro atoms. The maximum Gasteiger partial charge on any atom is 0.274 e. The minimum atomic E-state index is -0.0635. The number of rotatable bonds is 3. The van der Waals surface area contributed by atoms with Crippen molar-refractivity contribution in [2.75, 3.05) is 6.54 Å². The van der Waals surface area contributed by atoms with E-state index < -0.39 is 0 Å². The minimum absolute atomic E-state index is 0.0635. The number of hydrogen-bond acceptors (Lipinski definition) is 1. The fourth-order valence-electron chi connectivity index (χ4n) is 1.17. The van der Waals surface area contributed by atoms with Crippen LogP contribution in [0.4, 0.5) is 0 Å². The van der Waals surface area contributed by atoms with Gasteiger partial charge in [0.15, 0.2) is 6.20 Å². The maximum absolute atomic E-state index is 11.5. The van der Waals surface area contributed by atoms with Gasteiger partial charge in [-0.1, -0.05) is 0 Å². The summed E-state index contributed by atoms with van der Waals surface area (Å²) in [5.41, 5.74) is 0.637. The SMILES string of the molecule is CCNC(=O)c1ccc(Cl)[n+](CC)c1. The van der Waals surface area contributed by atoms with Crippen LogP contribution in [0.2, 0.25) is 5.15 Å². The van der Waals surface area contributed by atoms with Gasteiger partial charge in [0.25, 0.3) is 11.1 Å². The predicted octanol–water partition coefficient (Wildman–Crippen LogP) is 1.40. The van der Waals surface area contributed by atoms with Crippen molar-refractivity contribution < 1.29 is 9.36 Å². The number of amides is 1.